The summed E-state index contributed by atoms with van der Waals surface area (Å²) in [5.74, 6) is -0.339. The number of aromatic nitrogens is 5. The van der Waals surface area contributed by atoms with Gasteiger partial charge in [-0.05, 0) is 266 Å². The summed E-state index contributed by atoms with van der Waals surface area (Å²) in [5.41, 5.74) is 27.8. The van der Waals surface area contributed by atoms with Crippen LogP contribution in [-0.4, -0.2) is 41.9 Å². The molecule has 8 aromatic heterocycles. The van der Waals surface area contributed by atoms with Crippen LogP contribution in [0.5, 0.6) is 0 Å². The second-order valence-electron chi connectivity index (χ2n) is 38.3. The molecule has 680 valence electrons. The van der Waals surface area contributed by atoms with Crippen molar-refractivity contribution in [2.75, 3.05) is 19.6 Å². The SMILES string of the molecule is CC(C)(C)c1ccc(N(c2ccc(C(C)(C)C)cc2)c2sccc2-c2ccc(C(=O)c3ccccc3)cc2)cc1.CC(C)(C)c1ccc2c(c1)c1cc(C(C)(C)C)ccc1n2-c1sccc1-c1ccc(C(=O)c2ccccn2)nc1.O=C(c1ccccn1)c1ccc(-c2csc(N(c3ccc(N(c4ccccc4)c4ccccc4)cc3)c3ccc(N(c4ccccc4)c4ccccc4)cc3)c2)cn1. The molecule has 0 aliphatic rings. The average Bonchev–Trinajstić information content (AvgIpc) is 1.57. The molecule has 0 amide bonds. The van der Waals surface area contributed by atoms with Crippen LogP contribution in [0.15, 0.2) is 429 Å². The van der Waals surface area contributed by atoms with E-state index in [4.69, 9.17) is 0 Å². The fourth-order valence-electron chi connectivity index (χ4n) is 17.1. The van der Waals surface area contributed by atoms with E-state index in [-0.39, 0.29) is 39.0 Å². The standard InChI is InChI=1S/C51H37N5OS.C37H37NOS.C35H33N3OS/c57-51(48-23-13-14-34-52-48)49-33-24-38(36-53-49)39-35-50(58-37-39)56(46-29-25-44(26-30-46)54(40-15-5-1-6-16-40)41-17-7-2-8-18-41)47-31-27-45(28-32-47)55(42-19-9-3-10-20-42)43-21-11-4-12-22-43;1-36(2,3)29-16-20-31(21-17-29)38(32-22-18-30(19-23-32)37(4,5)6)35-33(24-25-40-35)26-12-14-28(15-13-26)34(39)27-10-8-7-9-11-27;1-34(2,3)23-11-14-30-26(19-23)27-20-24(35(4,5)6)12-15-31(27)38(30)33-25(16-18-40-33)22-10-13-29(37-21-22)32(39)28-9-7-8-17-36-28/h1-37H;7-25H,1-6H3;7-21H,1-6H3. The lowest BCUT2D eigenvalue weighted by molar-refractivity contribution is 0.102. The minimum Gasteiger partial charge on any atom is -0.311 e. The minimum absolute atomic E-state index is 0.0391. The van der Waals surface area contributed by atoms with Crippen LogP contribution in [0, 0.1) is 0 Å². The molecular weight excluding hydrogens is 1750 g/mol. The van der Waals surface area contributed by atoms with E-state index in [1.54, 1.807) is 101 Å². The van der Waals surface area contributed by atoms with Crippen LogP contribution < -0.4 is 19.6 Å². The lowest BCUT2D eigenvalue weighted by atomic mass is 9.85. The maximum atomic E-state index is 13.0. The Balaban J connectivity index is 0.000000141. The van der Waals surface area contributed by atoms with Gasteiger partial charge >= 0.3 is 0 Å². The summed E-state index contributed by atoms with van der Waals surface area (Å²) in [6.07, 6.45) is 6.80. The van der Waals surface area contributed by atoms with Crippen molar-refractivity contribution in [1.82, 2.24) is 24.5 Å². The molecule has 0 fully saturated rings. The summed E-state index contributed by atoms with van der Waals surface area (Å²) in [6, 6.07) is 133. The maximum Gasteiger partial charge on any atom is 0.229 e. The Kier molecular flexibility index (Phi) is 27.0. The van der Waals surface area contributed by atoms with E-state index in [2.05, 4.69) is 404 Å². The number of carbonyl (C=O) groups excluding carboxylic acids is 3. The van der Waals surface area contributed by atoms with E-state index in [9.17, 15) is 14.4 Å². The van der Waals surface area contributed by atoms with E-state index in [0.717, 1.165) is 105 Å². The van der Waals surface area contributed by atoms with Gasteiger partial charge in [-0.25, -0.2) is 0 Å². The molecule has 8 heterocycles. The van der Waals surface area contributed by atoms with Gasteiger partial charge in [-0.3, -0.25) is 34.3 Å². The van der Waals surface area contributed by atoms with E-state index in [1.807, 2.05) is 84.9 Å². The van der Waals surface area contributed by atoms with Crippen LogP contribution in [-0.2, 0) is 21.7 Å². The van der Waals surface area contributed by atoms with Crippen LogP contribution in [0.2, 0.25) is 0 Å². The van der Waals surface area contributed by atoms with Crippen molar-refractivity contribution < 1.29 is 14.4 Å². The zero-order valence-corrected chi connectivity index (χ0v) is 81.9. The first-order valence-electron chi connectivity index (χ1n) is 46.4. The topological polar surface area (TPSA) is 121 Å². The average molecular weight is 1860 g/mol. The fourth-order valence-corrected chi connectivity index (χ4v) is 19.9. The fraction of sp³-hybridized carbons (Fsp3) is 0.130. The van der Waals surface area contributed by atoms with Gasteiger partial charge in [0.15, 0.2) is 5.78 Å². The van der Waals surface area contributed by atoms with Crippen molar-refractivity contribution in [2.24, 2.45) is 0 Å². The molecule has 0 saturated carbocycles. The largest absolute Gasteiger partial charge is 0.311 e. The van der Waals surface area contributed by atoms with Gasteiger partial charge < -0.3 is 24.2 Å². The highest BCUT2D eigenvalue weighted by molar-refractivity contribution is 7.15. The van der Waals surface area contributed by atoms with E-state index in [0.29, 0.717) is 33.9 Å². The van der Waals surface area contributed by atoms with Crippen LogP contribution >= 0.6 is 34.0 Å². The quantitative estimate of drug-likeness (QED) is 0.0603. The molecule has 0 bridgehead atoms. The highest BCUT2D eigenvalue weighted by Crippen LogP contribution is 2.49. The van der Waals surface area contributed by atoms with Gasteiger partial charge in [0.25, 0.3) is 0 Å². The van der Waals surface area contributed by atoms with Crippen molar-refractivity contribution in [3.8, 4) is 38.4 Å². The molecule has 12 aromatic carbocycles. The summed E-state index contributed by atoms with van der Waals surface area (Å²) >= 11 is 5.10. The molecule has 0 N–H and O–H groups in total. The number of hydrogen-bond donors (Lipinski definition) is 0. The van der Waals surface area contributed by atoms with Crippen molar-refractivity contribution in [3.63, 3.8) is 0 Å². The van der Waals surface area contributed by atoms with Crippen LogP contribution in [0.25, 0.3) is 60.2 Å². The molecular formula is C123H107N9O3S3. The normalized spacial score (nSPS) is 11.6. The Bertz CT molecular complexity index is 7250. The smallest absolute Gasteiger partial charge is 0.229 e. The molecule has 12 nitrogen and oxygen atoms in total. The molecule has 0 spiro atoms. The number of carbonyl (C=O) groups is 3. The van der Waals surface area contributed by atoms with Crippen molar-refractivity contribution in [1.29, 1.82) is 0 Å². The molecule has 0 aliphatic heterocycles. The molecule has 20 rings (SSSR count). The van der Waals surface area contributed by atoms with Gasteiger partial charge in [-0.15, -0.1) is 34.0 Å². The minimum atomic E-state index is -0.201. The summed E-state index contributed by atoms with van der Waals surface area (Å²) < 4.78 is 2.39. The summed E-state index contributed by atoms with van der Waals surface area (Å²) in [7, 11) is 0. The molecule has 0 aliphatic carbocycles. The number of fused-ring (bicyclic) bond motifs is 3. The zero-order valence-electron chi connectivity index (χ0n) is 79.5. The second kappa shape index (κ2) is 40.1. The Morgan fingerprint density at radius 2 is 0.601 bits per heavy atom. The number of para-hydroxylation sites is 4. The number of thiophene rings is 3. The molecule has 0 saturated heterocycles. The maximum absolute atomic E-state index is 13.0. The van der Waals surface area contributed by atoms with Crippen molar-refractivity contribution >= 4 is 140 Å². The summed E-state index contributed by atoms with van der Waals surface area (Å²) in [4.78, 5) is 65.5. The van der Waals surface area contributed by atoms with Gasteiger partial charge in [-0.1, -0.05) is 271 Å². The number of ketones is 3. The van der Waals surface area contributed by atoms with Gasteiger partial charge in [0.2, 0.25) is 11.6 Å². The third-order valence-electron chi connectivity index (χ3n) is 24.7. The summed E-state index contributed by atoms with van der Waals surface area (Å²) in [6.45, 7) is 27.1. The Morgan fingerprint density at radius 3 is 1.00 bits per heavy atom. The molecule has 138 heavy (non-hydrogen) atoms. The first-order chi connectivity index (χ1) is 66.7. The van der Waals surface area contributed by atoms with Gasteiger partial charge in [0, 0.05) is 131 Å². The van der Waals surface area contributed by atoms with Gasteiger partial charge in [0.1, 0.15) is 37.8 Å². The third kappa shape index (κ3) is 20.5. The van der Waals surface area contributed by atoms with E-state index < -0.39 is 0 Å². The molecule has 20 aromatic rings. The van der Waals surface area contributed by atoms with Gasteiger partial charge in [0.05, 0.1) is 11.0 Å². The van der Waals surface area contributed by atoms with Crippen molar-refractivity contribution in [2.45, 2.75) is 105 Å². The molecule has 0 atom stereocenters. The second-order valence-corrected chi connectivity index (χ2v) is 41.0. The van der Waals surface area contributed by atoms with Crippen LogP contribution in [0.4, 0.5) is 66.9 Å². The number of benzene rings is 12. The molecule has 0 unspecified atom stereocenters. The van der Waals surface area contributed by atoms with E-state index in [1.165, 1.54) is 44.1 Å². The Morgan fingerprint density at radius 1 is 0.261 bits per heavy atom. The first-order valence-corrected chi connectivity index (χ1v) is 49.1. The molecule has 0 radical (unpaired) electrons. The lowest BCUT2D eigenvalue weighted by Crippen LogP contribution is -2.14. The highest BCUT2D eigenvalue weighted by atomic mass is 32.1. The third-order valence-corrected chi connectivity index (χ3v) is 27.4. The monoisotopic (exact) mass is 1850 g/mol. The predicted molar refractivity (Wildman–Crippen MR) is 578 cm³/mol. The number of nitrogens with zero attached hydrogens (tertiary/aromatic N) is 9. The van der Waals surface area contributed by atoms with Gasteiger partial charge in [-0.2, -0.15) is 0 Å². The summed E-state index contributed by atoms with van der Waals surface area (Å²) in [5, 5.41) is 12.3. The highest BCUT2D eigenvalue weighted by Gasteiger charge is 2.28. The lowest BCUT2D eigenvalue weighted by Gasteiger charge is -2.28. The first kappa shape index (κ1) is 92.8. The van der Waals surface area contributed by atoms with Crippen LogP contribution in [0.1, 0.15) is 154 Å². The Labute approximate surface area is 820 Å². The number of pyridine rings is 4. The predicted octanol–water partition coefficient (Wildman–Crippen LogP) is 33.7. The van der Waals surface area contributed by atoms with Crippen molar-refractivity contribution in [3.05, 3.63) is 485 Å². The Hall–Kier alpha value is -15.7. The molecule has 15 heteroatoms. The number of rotatable bonds is 22. The zero-order chi connectivity index (χ0) is 95.8. The number of hydrogen-bond acceptors (Lipinski definition) is 14. The number of anilines is 12. The van der Waals surface area contributed by atoms with Crippen LogP contribution in [0.3, 0.4) is 0 Å². The van der Waals surface area contributed by atoms with E-state index >= 15 is 0 Å².